The number of aliphatic hydroxyl groups is 1. The second-order valence-corrected chi connectivity index (χ2v) is 5.47. The number of pyridine rings is 1. The van der Waals surface area contributed by atoms with Crippen molar-refractivity contribution in [3.05, 3.63) is 23.5 Å². The molecule has 4 nitrogen and oxygen atoms in total. The summed E-state index contributed by atoms with van der Waals surface area (Å²) in [5.41, 5.74) is 2.96. The zero-order valence-electron chi connectivity index (χ0n) is 11.8. The highest BCUT2D eigenvalue weighted by Gasteiger charge is 2.28. The molecule has 19 heavy (non-hydrogen) atoms. The van der Waals surface area contributed by atoms with Crippen LogP contribution in [0.5, 0.6) is 0 Å². The van der Waals surface area contributed by atoms with E-state index in [0.29, 0.717) is 19.5 Å². The van der Waals surface area contributed by atoms with Crippen LogP contribution in [0.1, 0.15) is 17.8 Å². The number of alkyl halides is 1. The van der Waals surface area contributed by atoms with Gasteiger partial charge in [0.2, 0.25) is 0 Å². The van der Waals surface area contributed by atoms with Crippen LogP contribution < -0.4 is 4.90 Å². The number of hydrogen-bond acceptors (Lipinski definition) is 4. The van der Waals surface area contributed by atoms with Crippen molar-refractivity contribution in [3.8, 4) is 0 Å². The number of hydrogen-bond donors (Lipinski definition) is 1. The molecule has 1 fully saturated rings. The fourth-order valence-corrected chi connectivity index (χ4v) is 2.43. The van der Waals surface area contributed by atoms with E-state index in [4.69, 9.17) is 0 Å². The van der Waals surface area contributed by atoms with Crippen LogP contribution in [0.15, 0.2) is 12.1 Å². The van der Waals surface area contributed by atoms with Crippen LogP contribution in [-0.4, -0.2) is 54.5 Å². The Balaban J connectivity index is 2.23. The number of rotatable bonds is 3. The molecule has 0 spiro atoms. The number of aromatic nitrogens is 1. The summed E-state index contributed by atoms with van der Waals surface area (Å²) in [4.78, 5) is 8.67. The van der Waals surface area contributed by atoms with Crippen LogP contribution in [0, 0.1) is 6.92 Å². The number of β-amino-alcohol motifs (C(OH)–C–C–N with tert-alkyl or cyclic N) is 1. The third-order valence-corrected chi connectivity index (χ3v) is 3.40. The van der Waals surface area contributed by atoms with Gasteiger partial charge in [-0.05, 0) is 39.6 Å². The summed E-state index contributed by atoms with van der Waals surface area (Å²) < 4.78 is 13.3. The van der Waals surface area contributed by atoms with E-state index >= 15 is 0 Å². The van der Waals surface area contributed by atoms with E-state index in [1.165, 1.54) is 0 Å². The van der Waals surface area contributed by atoms with Gasteiger partial charge in [0.25, 0.3) is 0 Å². The van der Waals surface area contributed by atoms with Gasteiger partial charge in [-0.25, -0.2) is 4.39 Å². The first-order valence-corrected chi connectivity index (χ1v) is 6.65. The molecule has 1 aliphatic rings. The van der Waals surface area contributed by atoms with Gasteiger partial charge in [-0.15, -0.1) is 0 Å². The highest BCUT2D eigenvalue weighted by atomic mass is 19.1. The van der Waals surface area contributed by atoms with Crippen LogP contribution in [0.4, 0.5) is 10.1 Å². The highest BCUT2D eigenvalue weighted by molar-refractivity contribution is 5.52. The van der Waals surface area contributed by atoms with Gasteiger partial charge in [-0.2, -0.15) is 0 Å². The maximum atomic E-state index is 13.3. The molecule has 2 atom stereocenters. The molecule has 0 saturated carbocycles. The van der Waals surface area contributed by atoms with Crippen LogP contribution in [0.25, 0.3) is 0 Å². The summed E-state index contributed by atoms with van der Waals surface area (Å²) in [6.07, 6.45) is -1.63. The minimum absolute atomic E-state index is 0.340. The van der Waals surface area contributed by atoms with E-state index < -0.39 is 12.3 Å². The summed E-state index contributed by atoms with van der Waals surface area (Å²) in [5.74, 6) is 0. The summed E-state index contributed by atoms with van der Waals surface area (Å²) in [7, 11) is 3.99. The second kappa shape index (κ2) is 5.84. The van der Waals surface area contributed by atoms with Crippen molar-refractivity contribution < 1.29 is 9.50 Å². The predicted octanol–water partition coefficient (Wildman–Crippen LogP) is 1.36. The fraction of sp³-hybridized carbons (Fsp3) is 0.643. The first-order valence-electron chi connectivity index (χ1n) is 6.65. The van der Waals surface area contributed by atoms with Crippen molar-refractivity contribution in [2.75, 3.05) is 32.1 Å². The Hall–Kier alpha value is -1.20. The minimum atomic E-state index is -1.10. The quantitative estimate of drug-likeness (QED) is 0.897. The fourth-order valence-electron chi connectivity index (χ4n) is 2.43. The first kappa shape index (κ1) is 14.2. The highest BCUT2D eigenvalue weighted by Crippen LogP contribution is 2.25. The Morgan fingerprint density at radius 3 is 2.84 bits per heavy atom. The SMILES string of the molecule is Cc1ccc(N2CCC(F)C(O)C2)c(CN(C)C)n1. The molecule has 2 unspecified atom stereocenters. The molecule has 5 heteroatoms. The summed E-state index contributed by atoms with van der Waals surface area (Å²) in [6, 6.07) is 3.98. The normalized spacial score (nSPS) is 24.0. The lowest BCUT2D eigenvalue weighted by atomic mass is 10.0. The maximum absolute atomic E-state index is 13.3. The van der Waals surface area contributed by atoms with E-state index in [9.17, 15) is 9.50 Å². The Morgan fingerprint density at radius 2 is 2.21 bits per heavy atom. The number of aliphatic hydroxyl groups excluding tert-OH is 1. The second-order valence-electron chi connectivity index (χ2n) is 5.47. The molecule has 0 aliphatic carbocycles. The van der Waals surface area contributed by atoms with Crippen molar-refractivity contribution in [1.82, 2.24) is 9.88 Å². The molecule has 106 valence electrons. The number of halogens is 1. The van der Waals surface area contributed by atoms with Gasteiger partial charge in [-0.1, -0.05) is 0 Å². The first-order chi connectivity index (χ1) is 8.97. The molecule has 1 N–H and O–H groups in total. The van der Waals surface area contributed by atoms with Gasteiger partial charge in [0.1, 0.15) is 12.3 Å². The molecular weight excluding hydrogens is 245 g/mol. The number of aryl methyl sites for hydroxylation is 1. The number of anilines is 1. The lowest BCUT2D eigenvalue weighted by Gasteiger charge is -2.35. The van der Waals surface area contributed by atoms with Gasteiger partial charge in [0, 0.05) is 25.3 Å². The van der Waals surface area contributed by atoms with Crippen LogP contribution in [-0.2, 0) is 6.54 Å². The molecular formula is C14H22FN3O. The van der Waals surface area contributed by atoms with E-state index in [1.807, 2.05) is 38.1 Å². The number of nitrogens with zero attached hydrogens (tertiary/aromatic N) is 3. The molecule has 1 saturated heterocycles. The molecule has 1 aromatic rings. The summed E-state index contributed by atoms with van der Waals surface area (Å²) >= 11 is 0. The van der Waals surface area contributed by atoms with E-state index in [-0.39, 0.29) is 0 Å². The van der Waals surface area contributed by atoms with Gasteiger partial charge >= 0.3 is 0 Å². The van der Waals surface area contributed by atoms with Crippen LogP contribution in [0.2, 0.25) is 0 Å². The standard InChI is InChI=1S/C14H22FN3O/c1-10-4-5-13(12(16-10)8-17(2)3)18-7-6-11(15)14(19)9-18/h4-5,11,14,19H,6-9H2,1-3H3. The van der Waals surface area contributed by atoms with Gasteiger partial charge in [-0.3, -0.25) is 4.98 Å². The molecule has 2 heterocycles. The van der Waals surface area contributed by atoms with Crippen molar-refractivity contribution in [3.63, 3.8) is 0 Å². The molecule has 0 aromatic carbocycles. The molecule has 1 aliphatic heterocycles. The molecule has 0 bridgehead atoms. The van der Waals surface area contributed by atoms with E-state index in [0.717, 1.165) is 23.6 Å². The smallest absolute Gasteiger partial charge is 0.129 e. The Labute approximate surface area is 113 Å². The van der Waals surface area contributed by atoms with Gasteiger partial charge in [0.05, 0.1) is 11.4 Å². The lowest BCUT2D eigenvalue weighted by Crippen LogP contribution is -2.45. The number of piperidine rings is 1. The Morgan fingerprint density at radius 1 is 1.47 bits per heavy atom. The summed E-state index contributed by atoms with van der Waals surface area (Å²) in [6.45, 7) is 3.67. The average Bonchev–Trinajstić information content (AvgIpc) is 2.32. The molecule has 2 rings (SSSR count). The zero-order valence-corrected chi connectivity index (χ0v) is 11.8. The maximum Gasteiger partial charge on any atom is 0.129 e. The Bertz CT molecular complexity index is 439. The van der Waals surface area contributed by atoms with Crippen molar-refractivity contribution in [1.29, 1.82) is 0 Å². The summed E-state index contributed by atoms with van der Waals surface area (Å²) in [5, 5.41) is 9.69. The van der Waals surface area contributed by atoms with Crippen molar-refractivity contribution >= 4 is 5.69 Å². The monoisotopic (exact) mass is 267 g/mol. The minimum Gasteiger partial charge on any atom is -0.388 e. The van der Waals surface area contributed by atoms with E-state index in [1.54, 1.807) is 0 Å². The van der Waals surface area contributed by atoms with E-state index in [2.05, 4.69) is 9.88 Å². The zero-order chi connectivity index (χ0) is 14.0. The van der Waals surface area contributed by atoms with Crippen LogP contribution >= 0.6 is 0 Å². The van der Waals surface area contributed by atoms with Crippen molar-refractivity contribution in [2.45, 2.75) is 32.2 Å². The third-order valence-electron chi connectivity index (χ3n) is 3.40. The molecule has 0 radical (unpaired) electrons. The molecule has 0 amide bonds. The van der Waals surface area contributed by atoms with Gasteiger partial charge < -0.3 is 14.9 Å². The Kier molecular flexibility index (Phi) is 4.37. The van der Waals surface area contributed by atoms with Crippen molar-refractivity contribution in [2.24, 2.45) is 0 Å². The molecule has 1 aromatic heterocycles. The topological polar surface area (TPSA) is 39.6 Å². The lowest BCUT2D eigenvalue weighted by molar-refractivity contribution is 0.0644. The largest absolute Gasteiger partial charge is 0.388 e. The predicted molar refractivity (Wildman–Crippen MR) is 74.1 cm³/mol. The average molecular weight is 267 g/mol. The van der Waals surface area contributed by atoms with Crippen LogP contribution in [0.3, 0.4) is 0 Å². The third kappa shape index (κ3) is 3.42. The van der Waals surface area contributed by atoms with Gasteiger partial charge in [0.15, 0.2) is 0 Å².